The number of anilines is 1. The van der Waals surface area contributed by atoms with E-state index in [1.807, 2.05) is 38.8 Å². The monoisotopic (exact) mass is 434 g/mol. The summed E-state index contributed by atoms with van der Waals surface area (Å²) >= 11 is 6.25. The molecule has 1 aromatic carbocycles. The first-order chi connectivity index (χ1) is 14.1. The van der Waals surface area contributed by atoms with E-state index in [4.69, 9.17) is 22.1 Å². The number of nitrogens with zero attached hydrogens (tertiary/aromatic N) is 1. The quantitative estimate of drug-likeness (QED) is 0.552. The number of nitrogens with one attached hydrogen (secondary N) is 2. The first-order valence-electron chi connectivity index (χ1n) is 9.51. The molecule has 1 heterocycles. The fourth-order valence-corrected chi connectivity index (χ4v) is 3.47. The molecular weight excluding hydrogens is 408 g/mol. The molecule has 8 nitrogen and oxygen atoms in total. The Bertz CT molecular complexity index is 1000. The van der Waals surface area contributed by atoms with Crippen molar-refractivity contribution in [2.75, 3.05) is 25.1 Å². The molecular formula is C21H27ClN4O4. The van der Waals surface area contributed by atoms with Crippen molar-refractivity contribution in [1.82, 2.24) is 10.3 Å². The van der Waals surface area contributed by atoms with E-state index < -0.39 is 6.09 Å². The summed E-state index contributed by atoms with van der Waals surface area (Å²) in [5.41, 5.74) is 8.82. The summed E-state index contributed by atoms with van der Waals surface area (Å²) in [5, 5.41) is 3.23. The number of rotatable bonds is 8. The summed E-state index contributed by atoms with van der Waals surface area (Å²) in [6, 6.07) is 5.24. The first-order valence-corrected chi connectivity index (χ1v) is 9.89. The second kappa shape index (κ2) is 10.2. The van der Waals surface area contributed by atoms with Gasteiger partial charge in [0.15, 0.2) is 0 Å². The van der Waals surface area contributed by atoms with E-state index in [1.165, 1.54) is 0 Å². The molecule has 0 aliphatic carbocycles. The van der Waals surface area contributed by atoms with E-state index in [9.17, 15) is 14.4 Å². The van der Waals surface area contributed by atoms with Gasteiger partial charge in [-0.05, 0) is 56.5 Å². The van der Waals surface area contributed by atoms with Gasteiger partial charge in [-0.2, -0.15) is 0 Å². The normalized spacial score (nSPS) is 10.6. The molecule has 1 aromatic heterocycles. The molecule has 2 amide bonds. The number of aromatic nitrogens is 1. The van der Waals surface area contributed by atoms with Crippen LogP contribution in [0.4, 0.5) is 10.5 Å². The molecule has 0 bridgehead atoms. The highest BCUT2D eigenvalue weighted by Crippen LogP contribution is 2.27. The van der Waals surface area contributed by atoms with Crippen molar-refractivity contribution in [3.8, 4) is 0 Å². The summed E-state index contributed by atoms with van der Waals surface area (Å²) in [4.78, 5) is 40.3. The van der Waals surface area contributed by atoms with Gasteiger partial charge in [0.1, 0.15) is 0 Å². The standard InChI is InChI=1S/C21H27ClN4O4/c1-12-8-13(2)25-20(28)17(12)11-24-19(27)16-9-15(22)10-18(14(16)3)26(4)6-5-7-30-21(23)29/h8-10H,5-7,11H2,1-4H3,(H2,23,29)(H,24,27)(H,25,28). The highest BCUT2D eigenvalue weighted by molar-refractivity contribution is 6.31. The fourth-order valence-electron chi connectivity index (χ4n) is 3.26. The largest absolute Gasteiger partial charge is 0.450 e. The van der Waals surface area contributed by atoms with Crippen molar-refractivity contribution < 1.29 is 14.3 Å². The van der Waals surface area contributed by atoms with Crippen LogP contribution in [0.1, 0.15) is 39.2 Å². The highest BCUT2D eigenvalue weighted by atomic mass is 35.5. The number of H-pyrrole nitrogens is 1. The number of hydrogen-bond acceptors (Lipinski definition) is 5. The van der Waals surface area contributed by atoms with Gasteiger partial charge in [0.25, 0.3) is 11.5 Å². The molecule has 0 unspecified atom stereocenters. The second-order valence-corrected chi connectivity index (χ2v) is 7.60. The van der Waals surface area contributed by atoms with Gasteiger partial charge in [0.2, 0.25) is 0 Å². The lowest BCUT2D eigenvalue weighted by molar-refractivity contribution is 0.0950. The smallest absolute Gasteiger partial charge is 0.404 e. The number of halogens is 1. The van der Waals surface area contributed by atoms with Crippen molar-refractivity contribution in [3.05, 3.63) is 61.5 Å². The molecule has 0 saturated heterocycles. The molecule has 0 aliphatic heterocycles. The zero-order valence-corrected chi connectivity index (χ0v) is 18.4. The van der Waals surface area contributed by atoms with Gasteiger partial charge in [-0.15, -0.1) is 0 Å². The second-order valence-electron chi connectivity index (χ2n) is 7.17. The molecule has 0 radical (unpaired) electrons. The Morgan fingerprint density at radius 1 is 1.23 bits per heavy atom. The van der Waals surface area contributed by atoms with Gasteiger partial charge in [-0.1, -0.05) is 11.6 Å². The minimum Gasteiger partial charge on any atom is -0.450 e. The number of aromatic amines is 1. The Balaban J connectivity index is 2.14. The van der Waals surface area contributed by atoms with Gasteiger partial charge in [0.05, 0.1) is 6.61 Å². The van der Waals surface area contributed by atoms with Crippen LogP contribution in [0.25, 0.3) is 0 Å². The van der Waals surface area contributed by atoms with Crippen molar-refractivity contribution >= 4 is 29.3 Å². The summed E-state index contributed by atoms with van der Waals surface area (Å²) in [6.45, 7) is 6.38. The lowest BCUT2D eigenvalue weighted by Gasteiger charge is -2.23. The molecule has 9 heteroatoms. The Morgan fingerprint density at radius 2 is 1.93 bits per heavy atom. The van der Waals surface area contributed by atoms with E-state index >= 15 is 0 Å². The minimum atomic E-state index is -0.807. The number of pyridine rings is 1. The maximum absolute atomic E-state index is 12.8. The van der Waals surface area contributed by atoms with Crippen LogP contribution in [-0.4, -0.2) is 37.2 Å². The molecule has 4 N–H and O–H groups in total. The Kier molecular flexibility index (Phi) is 7.88. The third-order valence-electron chi connectivity index (χ3n) is 4.80. The molecule has 2 rings (SSSR count). The molecule has 162 valence electrons. The van der Waals surface area contributed by atoms with Crippen LogP contribution in [0.2, 0.25) is 5.02 Å². The summed E-state index contributed by atoms with van der Waals surface area (Å²) < 4.78 is 4.74. The number of primary amides is 1. The van der Waals surface area contributed by atoms with E-state index in [0.29, 0.717) is 29.1 Å². The number of nitrogens with two attached hydrogens (primary N) is 1. The zero-order chi connectivity index (χ0) is 22.4. The van der Waals surface area contributed by atoms with Crippen molar-refractivity contribution in [2.24, 2.45) is 5.73 Å². The molecule has 0 spiro atoms. The van der Waals surface area contributed by atoms with Crippen LogP contribution in [0.5, 0.6) is 0 Å². The van der Waals surface area contributed by atoms with Gasteiger partial charge in [-0.3, -0.25) is 9.59 Å². The zero-order valence-electron chi connectivity index (χ0n) is 17.6. The number of aryl methyl sites for hydroxylation is 2. The van der Waals surface area contributed by atoms with Crippen LogP contribution in [0.3, 0.4) is 0 Å². The predicted molar refractivity (Wildman–Crippen MR) is 117 cm³/mol. The topological polar surface area (TPSA) is 118 Å². The SMILES string of the molecule is Cc1cc(C)c(CNC(=O)c2cc(Cl)cc(N(C)CCCOC(N)=O)c2C)c(=O)[nH]1. The lowest BCUT2D eigenvalue weighted by Crippen LogP contribution is -2.29. The third-order valence-corrected chi connectivity index (χ3v) is 5.02. The van der Waals surface area contributed by atoms with Crippen molar-refractivity contribution in [1.29, 1.82) is 0 Å². The van der Waals surface area contributed by atoms with Gasteiger partial charge in [0, 0.05) is 47.7 Å². The molecule has 0 fully saturated rings. The summed E-state index contributed by atoms with van der Waals surface area (Å²) in [5.74, 6) is -0.318. The summed E-state index contributed by atoms with van der Waals surface area (Å²) in [6.07, 6.45) is -0.235. The van der Waals surface area contributed by atoms with E-state index in [1.54, 1.807) is 12.1 Å². The fraction of sp³-hybridized carbons (Fsp3) is 0.381. The van der Waals surface area contributed by atoms with Crippen molar-refractivity contribution in [3.63, 3.8) is 0 Å². The molecule has 2 aromatic rings. The number of ether oxygens (including phenoxy) is 1. The van der Waals surface area contributed by atoms with E-state index in [0.717, 1.165) is 22.5 Å². The number of benzene rings is 1. The molecule has 0 saturated carbocycles. The van der Waals surface area contributed by atoms with E-state index in [2.05, 4.69) is 10.3 Å². The van der Waals surface area contributed by atoms with Crippen LogP contribution >= 0.6 is 11.6 Å². The minimum absolute atomic E-state index is 0.113. The number of carbonyl (C=O) groups excluding carboxylic acids is 2. The Labute approximate surface area is 180 Å². The Morgan fingerprint density at radius 3 is 2.57 bits per heavy atom. The summed E-state index contributed by atoms with van der Waals surface area (Å²) in [7, 11) is 1.86. The van der Waals surface area contributed by atoms with Crippen LogP contribution < -0.4 is 21.5 Å². The average Bonchev–Trinajstić information content (AvgIpc) is 2.65. The average molecular weight is 435 g/mol. The molecule has 0 aliphatic rings. The Hall–Kier alpha value is -3.00. The van der Waals surface area contributed by atoms with Crippen LogP contribution in [0.15, 0.2) is 23.0 Å². The van der Waals surface area contributed by atoms with Crippen molar-refractivity contribution in [2.45, 2.75) is 33.7 Å². The highest BCUT2D eigenvalue weighted by Gasteiger charge is 2.17. The van der Waals surface area contributed by atoms with Gasteiger partial charge in [-0.25, -0.2) is 4.79 Å². The third kappa shape index (κ3) is 6.00. The maximum Gasteiger partial charge on any atom is 0.404 e. The van der Waals surface area contributed by atoms with Gasteiger partial charge >= 0.3 is 6.09 Å². The van der Waals surface area contributed by atoms with Crippen LogP contribution in [0, 0.1) is 20.8 Å². The van der Waals surface area contributed by atoms with Crippen LogP contribution in [-0.2, 0) is 11.3 Å². The van der Waals surface area contributed by atoms with Gasteiger partial charge < -0.3 is 25.7 Å². The first kappa shape index (κ1) is 23.3. The van der Waals surface area contributed by atoms with E-state index in [-0.39, 0.29) is 24.6 Å². The predicted octanol–water partition coefficient (Wildman–Crippen LogP) is 2.81. The molecule has 30 heavy (non-hydrogen) atoms. The number of carbonyl (C=O) groups is 2. The number of amides is 2. The maximum atomic E-state index is 12.8. The lowest BCUT2D eigenvalue weighted by atomic mass is 10.0. The molecule has 0 atom stereocenters. The number of hydrogen-bond donors (Lipinski definition) is 3.